The summed E-state index contributed by atoms with van der Waals surface area (Å²) in [5, 5.41) is 28.6. The maximum Gasteiger partial charge on any atom is 0.275 e. The van der Waals surface area contributed by atoms with Gasteiger partial charge in [-0.05, 0) is 19.1 Å². The van der Waals surface area contributed by atoms with Crippen LogP contribution in [0.4, 0.5) is 5.69 Å². The smallest absolute Gasteiger partial charge is 0.275 e. The largest absolute Gasteiger partial charge is 0.508 e. The van der Waals surface area contributed by atoms with Crippen molar-refractivity contribution in [3.63, 3.8) is 0 Å². The third-order valence-electron chi connectivity index (χ3n) is 1.66. The molecule has 0 aliphatic heterocycles. The first kappa shape index (κ1) is 9.47. The fourth-order valence-corrected chi connectivity index (χ4v) is 1.04. The van der Waals surface area contributed by atoms with Gasteiger partial charge in [0.2, 0.25) is 0 Å². The third-order valence-corrected chi connectivity index (χ3v) is 1.66. The summed E-state index contributed by atoms with van der Waals surface area (Å²) in [6.07, 6.45) is -0.965. The quantitative estimate of drug-likeness (QED) is 0.535. The predicted molar refractivity (Wildman–Crippen MR) is 45.4 cm³/mol. The minimum Gasteiger partial charge on any atom is -0.508 e. The molecule has 1 atom stereocenters. The van der Waals surface area contributed by atoms with E-state index < -0.39 is 11.0 Å². The Morgan fingerprint density at radius 1 is 1.54 bits per heavy atom. The topological polar surface area (TPSA) is 83.6 Å². The van der Waals surface area contributed by atoms with E-state index in [2.05, 4.69) is 0 Å². The molecule has 1 aromatic rings. The molecule has 1 aromatic carbocycles. The number of aliphatic hydroxyl groups is 1. The van der Waals surface area contributed by atoms with Gasteiger partial charge in [0, 0.05) is 6.07 Å². The summed E-state index contributed by atoms with van der Waals surface area (Å²) in [7, 11) is 0. The Labute approximate surface area is 74.4 Å². The second kappa shape index (κ2) is 3.40. The SMILES string of the molecule is C[C@H](O)c1cc(O)ccc1[N+](=O)[O-]. The maximum atomic E-state index is 10.5. The zero-order valence-electron chi connectivity index (χ0n) is 6.97. The summed E-state index contributed by atoms with van der Waals surface area (Å²) in [5.74, 6) is -0.0958. The Hall–Kier alpha value is -1.62. The standard InChI is InChI=1S/C8H9NO4/c1-5(10)7-4-6(11)2-3-8(7)9(12)13/h2-5,10-11H,1H3/t5-/m0/s1. The van der Waals surface area contributed by atoms with E-state index in [1.807, 2.05) is 0 Å². The van der Waals surface area contributed by atoms with Gasteiger partial charge < -0.3 is 10.2 Å². The predicted octanol–water partition coefficient (Wildman–Crippen LogP) is 1.35. The molecule has 0 aliphatic carbocycles. The molecule has 5 heteroatoms. The Morgan fingerprint density at radius 3 is 2.62 bits per heavy atom. The lowest BCUT2D eigenvalue weighted by Crippen LogP contribution is -1.98. The first-order valence-electron chi connectivity index (χ1n) is 3.67. The highest BCUT2D eigenvalue weighted by Crippen LogP contribution is 2.28. The second-order valence-corrected chi connectivity index (χ2v) is 2.68. The zero-order valence-corrected chi connectivity index (χ0v) is 6.97. The van der Waals surface area contributed by atoms with Gasteiger partial charge in [-0.15, -0.1) is 0 Å². The van der Waals surface area contributed by atoms with E-state index in [9.17, 15) is 10.1 Å². The van der Waals surface area contributed by atoms with Crippen molar-refractivity contribution in [1.82, 2.24) is 0 Å². The van der Waals surface area contributed by atoms with E-state index in [-0.39, 0.29) is 17.0 Å². The molecular weight excluding hydrogens is 174 g/mol. The summed E-state index contributed by atoms with van der Waals surface area (Å²) >= 11 is 0. The first-order chi connectivity index (χ1) is 6.02. The average molecular weight is 183 g/mol. The van der Waals surface area contributed by atoms with Gasteiger partial charge in [0.15, 0.2) is 0 Å². The number of hydrogen-bond donors (Lipinski definition) is 2. The van der Waals surface area contributed by atoms with Gasteiger partial charge in [-0.3, -0.25) is 10.1 Å². The summed E-state index contributed by atoms with van der Waals surface area (Å²) in [5.41, 5.74) is -0.0715. The molecule has 0 amide bonds. The highest BCUT2D eigenvalue weighted by molar-refractivity contribution is 5.45. The Balaban J connectivity index is 3.26. The number of nitro benzene ring substituents is 1. The molecular formula is C8H9NO4. The van der Waals surface area contributed by atoms with Crippen LogP contribution in [0.15, 0.2) is 18.2 Å². The molecule has 0 bridgehead atoms. The van der Waals surface area contributed by atoms with Crippen LogP contribution in [-0.2, 0) is 0 Å². The van der Waals surface area contributed by atoms with Gasteiger partial charge in [-0.1, -0.05) is 0 Å². The molecule has 0 saturated carbocycles. The average Bonchev–Trinajstić information content (AvgIpc) is 2.03. The molecule has 1 rings (SSSR count). The second-order valence-electron chi connectivity index (χ2n) is 2.68. The number of hydrogen-bond acceptors (Lipinski definition) is 4. The molecule has 0 saturated heterocycles. The lowest BCUT2D eigenvalue weighted by atomic mass is 10.1. The Bertz CT molecular complexity index is 335. The van der Waals surface area contributed by atoms with Crippen molar-refractivity contribution in [3.8, 4) is 5.75 Å². The van der Waals surface area contributed by atoms with Crippen molar-refractivity contribution < 1.29 is 15.1 Å². The highest BCUT2D eigenvalue weighted by Gasteiger charge is 2.17. The van der Waals surface area contributed by atoms with E-state index in [1.165, 1.54) is 19.1 Å². The van der Waals surface area contributed by atoms with Crippen LogP contribution in [-0.4, -0.2) is 15.1 Å². The van der Waals surface area contributed by atoms with E-state index in [0.717, 1.165) is 6.07 Å². The molecule has 5 nitrogen and oxygen atoms in total. The summed E-state index contributed by atoms with van der Waals surface area (Å²) < 4.78 is 0. The molecule has 0 heterocycles. The normalized spacial score (nSPS) is 12.5. The van der Waals surface area contributed by atoms with Crippen LogP contribution in [0.3, 0.4) is 0 Å². The number of aromatic hydroxyl groups is 1. The van der Waals surface area contributed by atoms with E-state index >= 15 is 0 Å². The molecule has 13 heavy (non-hydrogen) atoms. The van der Waals surface area contributed by atoms with Crippen LogP contribution in [0, 0.1) is 10.1 Å². The molecule has 0 fully saturated rings. The fraction of sp³-hybridized carbons (Fsp3) is 0.250. The van der Waals surface area contributed by atoms with Crippen molar-refractivity contribution in [3.05, 3.63) is 33.9 Å². The number of aliphatic hydroxyl groups excluding tert-OH is 1. The van der Waals surface area contributed by atoms with E-state index in [0.29, 0.717) is 0 Å². The van der Waals surface area contributed by atoms with E-state index in [1.54, 1.807) is 0 Å². The zero-order chi connectivity index (χ0) is 10.0. The van der Waals surface area contributed by atoms with Crippen molar-refractivity contribution in [1.29, 1.82) is 0 Å². The van der Waals surface area contributed by atoms with Gasteiger partial charge in [0.05, 0.1) is 16.6 Å². The number of rotatable bonds is 2. The van der Waals surface area contributed by atoms with Crippen molar-refractivity contribution >= 4 is 5.69 Å². The van der Waals surface area contributed by atoms with Gasteiger partial charge in [-0.2, -0.15) is 0 Å². The lowest BCUT2D eigenvalue weighted by Gasteiger charge is -2.05. The van der Waals surface area contributed by atoms with Crippen LogP contribution in [0.2, 0.25) is 0 Å². The number of phenolic OH excluding ortho intramolecular Hbond substituents is 1. The molecule has 0 unspecified atom stereocenters. The summed E-state index contributed by atoms with van der Waals surface area (Å²) in [6.45, 7) is 1.40. The fourth-order valence-electron chi connectivity index (χ4n) is 1.04. The summed E-state index contributed by atoms with van der Waals surface area (Å²) in [4.78, 5) is 9.85. The lowest BCUT2D eigenvalue weighted by molar-refractivity contribution is -0.386. The van der Waals surface area contributed by atoms with Crippen molar-refractivity contribution in [2.75, 3.05) is 0 Å². The molecule has 0 aromatic heterocycles. The number of phenols is 1. The minimum absolute atomic E-state index is 0.0958. The Kier molecular flexibility index (Phi) is 2.48. The van der Waals surface area contributed by atoms with E-state index in [4.69, 9.17) is 10.2 Å². The maximum absolute atomic E-state index is 10.5. The van der Waals surface area contributed by atoms with Gasteiger partial charge in [0.25, 0.3) is 5.69 Å². The molecule has 0 spiro atoms. The minimum atomic E-state index is -0.965. The molecule has 2 N–H and O–H groups in total. The van der Waals surface area contributed by atoms with Crippen LogP contribution in [0.5, 0.6) is 5.75 Å². The monoisotopic (exact) mass is 183 g/mol. The third kappa shape index (κ3) is 1.94. The van der Waals surface area contributed by atoms with Crippen LogP contribution in [0.25, 0.3) is 0 Å². The number of benzene rings is 1. The Morgan fingerprint density at radius 2 is 2.15 bits per heavy atom. The number of nitro groups is 1. The van der Waals surface area contributed by atoms with Crippen LogP contribution >= 0.6 is 0 Å². The molecule has 70 valence electrons. The van der Waals surface area contributed by atoms with Crippen LogP contribution in [0.1, 0.15) is 18.6 Å². The summed E-state index contributed by atoms with van der Waals surface area (Å²) in [6, 6.07) is 3.56. The van der Waals surface area contributed by atoms with Crippen LogP contribution < -0.4 is 0 Å². The molecule has 0 radical (unpaired) electrons. The van der Waals surface area contributed by atoms with Crippen molar-refractivity contribution in [2.24, 2.45) is 0 Å². The van der Waals surface area contributed by atoms with Gasteiger partial charge in [0.1, 0.15) is 5.75 Å². The first-order valence-corrected chi connectivity index (χ1v) is 3.67. The highest BCUT2D eigenvalue weighted by atomic mass is 16.6. The molecule has 0 aliphatic rings. The number of nitrogens with zero attached hydrogens (tertiary/aromatic N) is 1. The van der Waals surface area contributed by atoms with Crippen molar-refractivity contribution in [2.45, 2.75) is 13.0 Å². The van der Waals surface area contributed by atoms with Gasteiger partial charge in [-0.25, -0.2) is 0 Å². The van der Waals surface area contributed by atoms with Gasteiger partial charge >= 0.3 is 0 Å².